The summed E-state index contributed by atoms with van der Waals surface area (Å²) in [6, 6.07) is 36.0. The summed E-state index contributed by atoms with van der Waals surface area (Å²) in [6.07, 6.45) is 1.05. The molecule has 238 valence electrons. The summed E-state index contributed by atoms with van der Waals surface area (Å²) in [5.41, 5.74) is 0.0862. The normalized spacial score (nSPS) is 13.7. The lowest BCUT2D eigenvalue weighted by Gasteiger charge is -2.36. The van der Waals surface area contributed by atoms with Gasteiger partial charge in [0.15, 0.2) is 0 Å². The molecule has 0 saturated carbocycles. The van der Waals surface area contributed by atoms with E-state index in [0.717, 1.165) is 12.3 Å². The highest BCUT2D eigenvalue weighted by atomic mass is 31.2. The average molecular weight is 626 g/mol. The van der Waals surface area contributed by atoms with Crippen LogP contribution in [-0.2, 0) is 15.7 Å². The fourth-order valence-corrected chi connectivity index (χ4v) is 10.5. The summed E-state index contributed by atoms with van der Waals surface area (Å²) in [6.45, 7) is 15.7. The monoisotopic (exact) mass is 625 g/mol. The Bertz CT molecular complexity index is 1530. The third-order valence-electron chi connectivity index (χ3n) is 8.20. The maximum Gasteiger partial charge on any atom is 0.408 e. The average Bonchev–Trinajstić information content (AvgIpc) is 2.98. The fraction of sp³-hybridized carbons (Fsp3) is 0.385. The molecule has 0 heterocycles. The van der Waals surface area contributed by atoms with E-state index in [4.69, 9.17) is 4.74 Å². The summed E-state index contributed by atoms with van der Waals surface area (Å²) in [4.78, 5) is 26.9. The first kappa shape index (κ1) is 34.2. The SMILES string of the molecule is CC(C)[C@@H](C[P+](Cc1ccc2ccccc2c1)(c1ccccc1)c1ccccc1)NC(=O)C(NC(=O)OC(C)(C)C)C(C)(C)C. The molecule has 45 heavy (non-hydrogen) atoms. The molecule has 0 aromatic heterocycles. The number of amides is 2. The van der Waals surface area contributed by atoms with Crippen LogP contribution in [-0.4, -0.2) is 35.8 Å². The summed E-state index contributed by atoms with van der Waals surface area (Å²) in [7, 11) is -2.12. The number of rotatable bonds is 10. The van der Waals surface area contributed by atoms with E-state index in [9.17, 15) is 9.59 Å². The Morgan fingerprint density at radius 2 is 1.24 bits per heavy atom. The molecular formula is C39H50N2O3P+. The molecule has 4 rings (SSSR count). The Balaban J connectivity index is 1.77. The van der Waals surface area contributed by atoms with Crippen molar-refractivity contribution < 1.29 is 14.3 Å². The number of carbonyl (C=O) groups excluding carboxylic acids is 2. The molecule has 2 N–H and O–H groups in total. The van der Waals surface area contributed by atoms with Crippen molar-refractivity contribution in [3.8, 4) is 0 Å². The summed E-state index contributed by atoms with van der Waals surface area (Å²) in [5.74, 6) is -0.0449. The van der Waals surface area contributed by atoms with Gasteiger partial charge in [-0.15, -0.1) is 0 Å². The minimum atomic E-state index is -2.12. The summed E-state index contributed by atoms with van der Waals surface area (Å²) in [5, 5.41) is 11.4. The zero-order chi connectivity index (χ0) is 32.8. The van der Waals surface area contributed by atoms with E-state index in [2.05, 4.69) is 128 Å². The largest absolute Gasteiger partial charge is 0.444 e. The molecule has 0 spiro atoms. The maximum absolute atomic E-state index is 14.1. The molecule has 5 nitrogen and oxygen atoms in total. The van der Waals surface area contributed by atoms with Crippen LogP contribution in [0, 0.1) is 11.3 Å². The molecule has 4 aromatic carbocycles. The summed E-state index contributed by atoms with van der Waals surface area (Å²) < 4.78 is 5.53. The minimum Gasteiger partial charge on any atom is -0.444 e. The quantitative estimate of drug-likeness (QED) is 0.175. The number of alkyl carbamates (subject to hydrolysis) is 1. The van der Waals surface area contributed by atoms with Crippen LogP contribution < -0.4 is 21.2 Å². The Labute approximate surface area is 270 Å². The van der Waals surface area contributed by atoms with E-state index in [1.165, 1.54) is 26.9 Å². The van der Waals surface area contributed by atoms with Crippen LogP contribution in [0.3, 0.4) is 0 Å². The smallest absolute Gasteiger partial charge is 0.408 e. The molecule has 0 aliphatic rings. The van der Waals surface area contributed by atoms with Crippen molar-refractivity contribution in [2.45, 2.75) is 79.2 Å². The van der Waals surface area contributed by atoms with Crippen molar-refractivity contribution in [2.24, 2.45) is 11.3 Å². The maximum atomic E-state index is 14.1. The third-order valence-corrected chi connectivity index (χ3v) is 12.7. The molecule has 0 radical (unpaired) electrons. The first-order valence-electron chi connectivity index (χ1n) is 15.9. The standard InChI is InChI=1S/C39H49N2O3P/c1-28(2)34(40-36(42)35(38(3,4)5)41-37(43)44-39(6,7)8)27-45(32-19-11-9-12-20-32,33-21-13-10-14-22-33)26-29-23-24-30-17-15-16-18-31(30)25-29/h9-25,28,34-35H,26-27H2,1-8H3,(H-,40,41,42,43)/p+1/t34-,35?/m1/s1. The first-order chi connectivity index (χ1) is 21.2. The molecule has 0 saturated heterocycles. The van der Waals surface area contributed by atoms with Gasteiger partial charge in [-0.1, -0.05) is 107 Å². The number of fused-ring (bicyclic) bond motifs is 1. The van der Waals surface area contributed by atoms with Crippen molar-refractivity contribution in [3.05, 3.63) is 109 Å². The predicted molar refractivity (Wildman–Crippen MR) is 191 cm³/mol. The van der Waals surface area contributed by atoms with E-state index in [1.807, 2.05) is 41.5 Å². The van der Waals surface area contributed by atoms with E-state index < -0.39 is 30.4 Å². The van der Waals surface area contributed by atoms with Gasteiger partial charge < -0.3 is 15.4 Å². The molecule has 0 bridgehead atoms. The van der Waals surface area contributed by atoms with Gasteiger partial charge >= 0.3 is 6.09 Å². The number of benzene rings is 4. The Hall–Kier alpha value is -3.69. The van der Waals surface area contributed by atoms with E-state index in [-0.39, 0.29) is 17.9 Å². The number of ether oxygens (including phenoxy) is 1. The van der Waals surface area contributed by atoms with Crippen molar-refractivity contribution >= 4 is 40.6 Å². The molecule has 0 fully saturated rings. The van der Waals surface area contributed by atoms with Gasteiger partial charge in [0.2, 0.25) is 5.91 Å². The molecule has 2 atom stereocenters. The van der Waals surface area contributed by atoms with E-state index in [1.54, 1.807) is 0 Å². The molecular weight excluding hydrogens is 575 g/mol. The fourth-order valence-electron chi connectivity index (χ4n) is 5.81. The highest BCUT2D eigenvalue weighted by molar-refractivity contribution is 7.88. The van der Waals surface area contributed by atoms with Crippen LogP contribution in [0.1, 0.15) is 61.0 Å². The second kappa shape index (κ2) is 14.2. The van der Waals surface area contributed by atoms with E-state index in [0.29, 0.717) is 0 Å². The molecule has 4 aromatic rings. The van der Waals surface area contributed by atoms with Gasteiger partial charge in [0.25, 0.3) is 0 Å². The second-order valence-corrected chi connectivity index (χ2v) is 18.1. The molecule has 0 aliphatic carbocycles. The van der Waals surface area contributed by atoms with Crippen LogP contribution in [0.25, 0.3) is 10.8 Å². The van der Waals surface area contributed by atoms with E-state index >= 15 is 0 Å². The first-order valence-corrected chi connectivity index (χ1v) is 18.1. The number of carbonyl (C=O) groups is 2. The van der Waals surface area contributed by atoms with Crippen LogP contribution in [0.15, 0.2) is 103 Å². The highest BCUT2D eigenvalue weighted by Gasteiger charge is 2.46. The van der Waals surface area contributed by atoms with Gasteiger partial charge in [-0.25, -0.2) is 4.79 Å². The van der Waals surface area contributed by atoms with Crippen LogP contribution >= 0.6 is 7.26 Å². The molecule has 2 amide bonds. The Kier molecular flexibility index (Phi) is 10.8. The van der Waals surface area contributed by atoms with Gasteiger partial charge in [-0.3, -0.25) is 4.79 Å². The minimum absolute atomic E-state index is 0.142. The van der Waals surface area contributed by atoms with Gasteiger partial charge in [0, 0.05) is 0 Å². The van der Waals surface area contributed by atoms with Crippen molar-refractivity contribution in [1.29, 1.82) is 0 Å². The zero-order valence-electron chi connectivity index (χ0n) is 28.1. The molecule has 6 heteroatoms. The Morgan fingerprint density at radius 3 is 1.76 bits per heavy atom. The Morgan fingerprint density at radius 1 is 0.711 bits per heavy atom. The van der Waals surface area contributed by atoms with Gasteiger partial charge in [-0.05, 0) is 78.8 Å². The zero-order valence-corrected chi connectivity index (χ0v) is 29.0. The lowest BCUT2D eigenvalue weighted by molar-refractivity contribution is -0.126. The van der Waals surface area contributed by atoms with Crippen LogP contribution in [0.5, 0.6) is 0 Å². The van der Waals surface area contributed by atoms with Gasteiger partial charge in [0.1, 0.15) is 11.6 Å². The lowest BCUT2D eigenvalue weighted by Crippen LogP contribution is -2.57. The van der Waals surface area contributed by atoms with Crippen molar-refractivity contribution in [1.82, 2.24) is 10.6 Å². The molecule has 0 aliphatic heterocycles. The second-order valence-electron chi connectivity index (χ2n) is 14.5. The topological polar surface area (TPSA) is 67.4 Å². The lowest BCUT2D eigenvalue weighted by atomic mass is 9.86. The van der Waals surface area contributed by atoms with Crippen molar-refractivity contribution in [2.75, 3.05) is 6.16 Å². The van der Waals surface area contributed by atoms with Crippen LogP contribution in [0.4, 0.5) is 4.79 Å². The highest BCUT2D eigenvalue weighted by Crippen LogP contribution is 2.60. The number of hydrogen-bond acceptors (Lipinski definition) is 3. The van der Waals surface area contributed by atoms with Crippen molar-refractivity contribution in [3.63, 3.8) is 0 Å². The third kappa shape index (κ3) is 8.95. The van der Waals surface area contributed by atoms with Crippen LogP contribution in [0.2, 0.25) is 0 Å². The van der Waals surface area contributed by atoms with Gasteiger partial charge in [-0.2, -0.15) is 0 Å². The van der Waals surface area contributed by atoms with Gasteiger partial charge in [0.05, 0.1) is 36.2 Å². The molecule has 1 unspecified atom stereocenters. The predicted octanol–water partition coefficient (Wildman–Crippen LogP) is 8.09. The summed E-state index contributed by atoms with van der Waals surface area (Å²) >= 11 is 0. The number of nitrogens with one attached hydrogen (secondary N) is 2. The number of hydrogen-bond donors (Lipinski definition) is 2.